The summed E-state index contributed by atoms with van der Waals surface area (Å²) in [7, 11) is 6.54. The fourth-order valence-electron chi connectivity index (χ4n) is 5.86. The highest BCUT2D eigenvalue weighted by atomic mass is 35.5. The molecule has 2 amide bonds. The molecule has 1 aromatic rings. The Balaban J connectivity index is 0.00000380. The fraction of sp³-hybridized carbons (Fsp3) is 0.417. The van der Waals surface area contributed by atoms with E-state index in [4.69, 9.17) is 5.73 Å². The number of carbonyl (C=O) groups is 4. The number of carbonyl (C=O) groups excluding carboxylic acids is 4. The van der Waals surface area contributed by atoms with Crippen molar-refractivity contribution in [3.63, 3.8) is 0 Å². The van der Waals surface area contributed by atoms with Crippen molar-refractivity contribution in [2.75, 3.05) is 38.4 Å². The predicted molar refractivity (Wildman–Crippen MR) is 136 cm³/mol. The molecule has 1 aromatic carbocycles. The topological polar surface area (TPSA) is 194 Å². The molecule has 0 bridgehead atoms. The van der Waals surface area contributed by atoms with E-state index < -0.39 is 63.8 Å². The van der Waals surface area contributed by atoms with Gasteiger partial charge in [-0.3, -0.25) is 24.1 Å². The maximum absolute atomic E-state index is 13.8. The van der Waals surface area contributed by atoms with Gasteiger partial charge in [0, 0.05) is 31.3 Å². The number of phenolic OH excluding ortho intramolecular Hbond substituents is 1. The number of rotatable bonds is 5. The Bertz CT molecular complexity index is 1290. The lowest BCUT2D eigenvalue weighted by molar-refractivity contribution is -0.153. The van der Waals surface area contributed by atoms with Crippen LogP contribution in [0.3, 0.4) is 0 Å². The van der Waals surface area contributed by atoms with Gasteiger partial charge in [0.05, 0.1) is 17.3 Å². The van der Waals surface area contributed by atoms with Crippen LogP contribution in [0.1, 0.15) is 17.5 Å². The number of hydrogen-bond donors (Lipinski definition) is 6. The Labute approximate surface area is 218 Å². The highest BCUT2D eigenvalue weighted by molar-refractivity contribution is 6.24. The molecule has 0 saturated heterocycles. The van der Waals surface area contributed by atoms with E-state index in [0.717, 1.165) is 0 Å². The van der Waals surface area contributed by atoms with Crippen LogP contribution in [0.2, 0.25) is 0 Å². The van der Waals surface area contributed by atoms with Crippen molar-refractivity contribution in [1.29, 1.82) is 0 Å². The van der Waals surface area contributed by atoms with E-state index in [1.165, 1.54) is 25.1 Å². The minimum atomic E-state index is -2.71. The molecule has 3 unspecified atom stereocenters. The number of aliphatic hydroxyl groups excluding tert-OH is 2. The average Bonchev–Trinajstić information content (AvgIpc) is 2.77. The van der Waals surface area contributed by atoms with Crippen molar-refractivity contribution in [2.24, 2.45) is 17.6 Å². The Kier molecular flexibility index (Phi) is 7.08. The Morgan fingerprint density at radius 1 is 1.19 bits per heavy atom. The fourth-order valence-corrected chi connectivity index (χ4v) is 5.86. The largest absolute Gasteiger partial charge is 0.508 e. The van der Waals surface area contributed by atoms with Gasteiger partial charge in [-0.2, -0.15) is 0 Å². The second-order valence-electron chi connectivity index (χ2n) is 9.76. The molecule has 1 saturated carbocycles. The van der Waals surface area contributed by atoms with Crippen molar-refractivity contribution in [1.82, 2.24) is 4.90 Å². The zero-order chi connectivity index (χ0) is 26.9. The number of nitrogens with one attached hydrogen (secondary N) is 1. The molecular formula is C24H29ClN4O8. The number of likely N-dealkylation sites (N-methyl/N-ethyl adjacent to an activating group) is 1. The molecule has 4 rings (SSSR count). The number of aromatic hydroxyl groups is 1. The molecule has 0 aromatic heterocycles. The summed E-state index contributed by atoms with van der Waals surface area (Å²) in [5, 5.41) is 47.0. The number of benzene rings is 1. The van der Waals surface area contributed by atoms with Gasteiger partial charge in [-0.05, 0) is 44.5 Å². The standard InChI is InChI=1S/C24H28N4O8.ClH/c1-27(2)13-7-12(26-8-29)18(30)15-10(13)5-9-6-11-17(28(3)4)20(32)16(23(25)35)22(34)24(11,36)21(33)14(9)19(15)31;/h7-9,11,17,30-31,34,36H,5-6H2,1-4H3,(H2,25,35)(H,26,29);1H/t9?,11?,17-,24?;/m0./s1. The van der Waals surface area contributed by atoms with Gasteiger partial charge in [0.1, 0.15) is 22.8 Å². The summed E-state index contributed by atoms with van der Waals surface area (Å²) >= 11 is 0. The number of Topliss-reactive ketones (excluding diaryl/α,β-unsaturated/α-hetero) is 2. The van der Waals surface area contributed by atoms with Gasteiger partial charge in [-0.25, -0.2) is 0 Å². The molecule has 0 radical (unpaired) electrons. The highest BCUT2D eigenvalue weighted by Crippen LogP contribution is 2.54. The Morgan fingerprint density at radius 2 is 1.81 bits per heavy atom. The molecule has 3 aliphatic carbocycles. The number of halogens is 1. The minimum Gasteiger partial charge on any atom is -0.508 e. The normalized spacial score (nSPS) is 26.7. The molecule has 12 nitrogen and oxygen atoms in total. The molecule has 13 heteroatoms. The van der Waals surface area contributed by atoms with Crippen LogP contribution in [0.25, 0.3) is 5.76 Å². The number of ketones is 2. The van der Waals surface area contributed by atoms with Gasteiger partial charge in [-0.1, -0.05) is 0 Å². The molecule has 200 valence electrons. The maximum Gasteiger partial charge on any atom is 0.255 e. The molecule has 3 aliphatic rings. The minimum absolute atomic E-state index is 0. The smallest absolute Gasteiger partial charge is 0.255 e. The van der Waals surface area contributed by atoms with E-state index in [1.807, 2.05) is 0 Å². The van der Waals surface area contributed by atoms with Gasteiger partial charge >= 0.3 is 0 Å². The number of phenols is 1. The second-order valence-corrected chi connectivity index (χ2v) is 9.76. The van der Waals surface area contributed by atoms with E-state index in [9.17, 15) is 39.6 Å². The molecule has 0 aliphatic heterocycles. The monoisotopic (exact) mass is 536 g/mol. The first-order chi connectivity index (χ1) is 16.8. The van der Waals surface area contributed by atoms with Crippen LogP contribution in [0.4, 0.5) is 11.4 Å². The lowest BCUT2D eigenvalue weighted by atomic mass is 9.57. The lowest BCUT2D eigenvalue weighted by Crippen LogP contribution is -2.65. The zero-order valence-electron chi connectivity index (χ0n) is 20.6. The molecular weight excluding hydrogens is 508 g/mol. The summed E-state index contributed by atoms with van der Waals surface area (Å²) in [6.07, 6.45) is 0.495. The van der Waals surface area contributed by atoms with Crippen molar-refractivity contribution in [3.05, 3.63) is 34.1 Å². The van der Waals surface area contributed by atoms with Gasteiger partial charge in [0.15, 0.2) is 11.4 Å². The van der Waals surface area contributed by atoms with E-state index >= 15 is 0 Å². The number of hydrogen-bond acceptors (Lipinski definition) is 10. The van der Waals surface area contributed by atoms with Crippen molar-refractivity contribution in [2.45, 2.75) is 24.5 Å². The molecule has 0 spiro atoms. The molecule has 0 heterocycles. The number of nitrogens with zero attached hydrogens (tertiary/aromatic N) is 2. The number of anilines is 2. The van der Waals surface area contributed by atoms with Crippen molar-refractivity contribution < 1.29 is 39.6 Å². The zero-order valence-corrected chi connectivity index (χ0v) is 21.4. The van der Waals surface area contributed by atoms with E-state index in [-0.39, 0.29) is 42.1 Å². The van der Waals surface area contributed by atoms with Crippen LogP contribution in [-0.2, 0) is 25.6 Å². The summed E-state index contributed by atoms with van der Waals surface area (Å²) in [6.45, 7) is 0. The molecule has 37 heavy (non-hydrogen) atoms. The molecule has 7 N–H and O–H groups in total. The third-order valence-corrected chi connectivity index (χ3v) is 7.39. The van der Waals surface area contributed by atoms with Crippen LogP contribution in [0.15, 0.2) is 23.0 Å². The van der Waals surface area contributed by atoms with Crippen LogP contribution >= 0.6 is 12.4 Å². The van der Waals surface area contributed by atoms with Crippen LogP contribution in [-0.4, -0.2) is 89.0 Å². The van der Waals surface area contributed by atoms with Gasteiger partial charge < -0.3 is 36.4 Å². The number of primary amides is 1. The number of amides is 2. The van der Waals surface area contributed by atoms with Gasteiger partial charge in [0.25, 0.3) is 5.91 Å². The highest BCUT2D eigenvalue weighted by Gasteiger charge is 2.64. The number of nitrogens with two attached hydrogens (primary N) is 1. The second kappa shape index (κ2) is 9.36. The lowest BCUT2D eigenvalue weighted by Gasteiger charge is -2.50. The Morgan fingerprint density at radius 3 is 2.32 bits per heavy atom. The summed E-state index contributed by atoms with van der Waals surface area (Å²) in [5.74, 6) is -7.28. The first-order valence-corrected chi connectivity index (χ1v) is 11.2. The number of aliphatic hydroxyl groups is 3. The van der Waals surface area contributed by atoms with Gasteiger partial charge in [-0.15, -0.1) is 12.4 Å². The van der Waals surface area contributed by atoms with E-state index in [0.29, 0.717) is 17.7 Å². The van der Waals surface area contributed by atoms with E-state index in [2.05, 4.69) is 5.32 Å². The van der Waals surface area contributed by atoms with Gasteiger partial charge in [0.2, 0.25) is 12.2 Å². The van der Waals surface area contributed by atoms with Crippen molar-refractivity contribution in [3.8, 4) is 5.75 Å². The molecule has 1 fully saturated rings. The van der Waals surface area contributed by atoms with E-state index in [1.54, 1.807) is 19.0 Å². The first-order valence-electron chi connectivity index (χ1n) is 11.2. The summed E-state index contributed by atoms with van der Waals surface area (Å²) in [6, 6.07) is 0.380. The Hall–Kier alpha value is -3.61. The third kappa shape index (κ3) is 3.74. The van der Waals surface area contributed by atoms with Crippen molar-refractivity contribution >= 4 is 53.4 Å². The van der Waals surface area contributed by atoms with Crippen LogP contribution < -0.4 is 16.0 Å². The summed E-state index contributed by atoms with van der Waals surface area (Å²) in [4.78, 5) is 53.2. The first kappa shape index (κ1) is 28.0. The molecule has 4 atom stereocenters. The average molecular weight is 537 g/mol. The predicted octanol–water partition coefficient (Wildman–Crippen LogP) is 0.0201. The quantitative estimate of drug-likeness (QED) is 0.170. The maximum atomic E-state index is 13.8. The third-order valence-electron chi connectivity index (χ3n) is 7.39. The van der Waals surface area contributed by atoms with Crippen LogP contribution in [0, 0.1) is 11.8 Å². The summed E-state index contributed by atoms with van der Waals surface area (Å²) in [5.41, 5.74) is 2.44. The SMILES string of the molecule is CN(C)c1cc(NC=O)c(O)c2c1CC1CC3[C@H](N(C)C)C(=O)C(C(N)=O)=C(O)C3(O)C(=O)C1=C2O.Cl. The summed E-state index contributed by atoms with van der Waals surface area (Å²) < 4.78 is 0. The van der Waals surface area contributed by atoms with Crippen LogP contribution in [0.5, 0.6) is 5.75 Å². The number of fused-ring (bicyclic) bond motifs is 3.